The summed E-state index contributed by atoms with van der Waals surface area (Å²) in [5.41, 5.74) is -0.210. The molecule has 104 valence electrons. The number of nitrogens with one attached hydrogen (secondary N) is 1. The average molecular weight is 251 g/mol. The van der Waals surface area contributed by atoms with Crippen molar-refractivity contribution >= 4 is 5.91 Å². The minimum absolute atomic E-state index is 0.210. The zero-order chi connectivity index (χ0) is 14.3. The van der Waals surface area contributed by atoms with E-state index in [1.165, 1.54) is 0 Å². The molecule has 1 amide bonds. The van der Waals surface area contributed by atoms with Crippen LogP contribution in [0.4, 0.5) is 8.78 Å². The molecular formula is C13H27F2NO. The summed E-state index contributed by atoms with van der Waals surface area (Å²) in [7, 11) is 0. The highest BCUT2D eigenvalue weighted by Crippen LogP contribution is 2.23. The van der Waals surface area contributed by atoms with Crippen molar-refractivity contribution in [1.29, 1.82) is 0 Å². The fourth-order valence-corrected chi connectivity index (χ4v) is 0.946. The average Bonchev–Trinajstić information content (AvgIpc) is 2.19. The van der Waals surface area contributed by atoms with Crippen LogP contribution in [-0.2, 0) is 4.79 Å². The zero-order valence-corrected chi connectivity index (χ0v) is 12.2. The van der Waals surface area contributed by atoms with Crippen molar-refractivity contribution in [3.8, 4) is 0 Å². The molecule has 2 nitrogen and oxygen atoms in total. The lowest BCUT2D eigenvalue weighted by molar-refractivity contribution is -0.148. The maximum Gasteiger partial charge on any atom is 0.324 e. The molecular weight excluding hydrogens is 224 g/mol. The van der Waals surface area contributed by atoms with E-state index >= 15 is 0 Å². The Bertz CT molecular complexity index is 222. The third-order valence-corrected chi connectivity index (χ3v) is 2.54. The van der Waals surface area contributed by atoms with Crippen LogP contribution < -0.4 is 5.32 Å². The van der Waals surface area contributed by atoms with Crippen LogP contribution in [0.1, 0.15) is 61.3 Å². The fourth-order valence-electron chi connectivity index (χ4n) is 0.946. The highest BCUT2D eigenvalue weighted by molar-refractivity contribution is 5.83. The molecule has 1 atom stereocenters. The smallest absolute Gasteiger partial charge is 0.324 e. The van der Waals surface area contributed by atoms with E-state index in [1.807, 2.05) is 34.6 Å². The van der Waals surface area contributed by atoms with Gasteiger partial charge in [0, 0.05) is 12.5 Å². The second-order valence-electron chi connectivity index (χ2n) is 5.02. The first kappa shape index (κ1) is 18.7. The first-order valence-electron chi connectivity index (χ1n) is 6.30. The molecule has 0 aromatic heterocycles. The molecule has 1 N–H and O–H groups in total. The molecule has 0 heterocycles. The number of carbonyl (C=O) groups is 1. The molecule has 0 radical (unpaired) electrons. The Morgan fingerprint density at radius 3 is 1.94 bits per heavy atom. The van der Waals surface area contributed by atoms with Gasteiger partial charge in [-0.3, -0.25) is 4.79 Å². The number of rotatable bonds is 4. The third kappa shape index (κ3) is 7.29. The topological polar surface area (TPSA) is 29.1 Å². The van der Waals surface area contributed by atoms with Gasteiger partial charge in [-0.25, -0.2) is 0 Å². The van der Waals surface area contributed by atoms with Gasteiger partial charge >= 0.3 is 5.92 Å². The quantitative estimate of drug-likeness (QED) is 0.804. The van der Waals surface area contributed by atoms with Crippen molar-refractivity contribution in [2.24, 2.45) is 5.41 Å². The molecule has 4 heteroatoms. The van der Waals surface area contributed by atoms with Crippen LogP contribution in [-0.4, -0.2) is 17.9 Å². The van der Waals surface area contributed by atoms with E-state index < -0.39 is 18.3 Å². The van der Waals surface area contributed by atoms with Crippen LogP contribution in [0.25, 0.3) is 0 Å². The summed E-state index contributed by atoms with van der Waals surface area (Å²) in [5.74, 6) is -4.40. The van der Waals surface area contributed by atoms with E-state index in [1.54, 1.807) is 13.8 Å². The third-order valence-electron chi connectivity index (χ3n) is 2.54. The lowest BCUT2D eigenvalue weighted by Crippen LogP contribution is -2.48. The van der Waals surface area contributed by atoms with Crippen molar-refractivity contribution in [1.82, 2.24) is 5.32 Å². The number of amides is 1. The van der Waals surface area contributed by atoms with Crippen molar-refractivity contribution in [3.05, 3.63) is 0 Å². The Hall–Kier alpha value is -0.670. The molecule has 17 heavy (non-hydrogen) atoms. The Morgan fingerprint density at radius 1 is 1.24 bits per heavy atom. The van der Waals surface area contributed by atoms with Crippen LogP contribution >= 0.6 is 0 Å². The van der Waals surface area contributed by atoms with Gasteiger partial charge in [0.05, 0.1) is 0 Å². The highest BCUT2D eigenvalue weighted by atomic mass is 19.3. The summed E-state index contributed by atoms with van der Waals surface area (Å²) in [4.78, 5) is 11.3. The van der Waals surface area contributed by atoms with Gasteiger partial charge in [0.1, 0.15) is 0 Å². The van der Waals surface area contributed by atoms with Gasteiger partial charge in [-0.05, 0) is 18.8 Å². The van der Waals surface area contributed by atoms with Crippen LogP contribution in [0.5, 0.6) is 0 Å². The standard InChI is InChI=1S/C11H21F2NO.C2H6/c1-6-7-11(12,13)9(15)14-8(2)10(3,4)5;1-2/h8H,6-7H2,1-5H3,(H,14,15);1-2H3. The molecule has 0 saturated carbocycles. The van der Waals surface area contributed by atoms with Gasteiger partial charge < -0.3 is 5.32 Å². The largest absolute Gasteiger partial charge is 0.348 e. The molecule has 0 aromatic carbocycles. The van der Waals surface area contributed by atoms with Crippen molar-refractivity contribution in [3.63, 3.8) is 0 Å². The number of alkyl halides is 2. The van der Waals surface area contributed by atoms with Crippen LogP contribution in [0, 0.1) is 5.41 Å². The van der Waals surface area contributed by atoms with Gasteiger partial charge in [0.25, 0.3) is 5.91 Å². The van der Waals surface area contributed by atoms with Crippen molar-refractivity contribution in [2.75, 3.05) is 0 Å². The summed E-state index contributed by atoms with van der Waals surface area (Å²) in [6.45, 7) is 13.1. The number of halogens is 2. The molecule has 0 rings (SSSR count). The number of hydrogen-bond donors (Lipinski definition) is 1. The first-order valence-corrected chi connectivity index (χ1v) is 6.30. The second-order valence-corrected chi connectivity index (χ2v) is 5.02. The predicted molar refractivity (Wildman–Crippen MR) is 68.3 cm³/mol. The molecule has 0 fully saturated rings. The summed E-state index contributed by atoms with van der Waals surface area (Å²) in [5, 5.41) is 2.36. The van der Waals surface area contributed by atoms with Crippen LogP contribution in [0.2, 0.25) is 0 Å². The summed E-state index contributed by atoms with van der Waals surface area (Å²) in [6, 6.07) is -0.271. The van der Waals surface area contributed by atoms with Crippen molar-refractivity contribution < 1.29 is 13.6 Å². The predicted octanol–water partition coefficient (Wildman–Crippen LogP) is 4.00. The van der Waals surface area contributed by atoms with Gasteiger partial charge in [-0.2, -0.15) is 8.78 Å². The maximum absolute atomic E-state index is 13.2. The lowest BCUT2D eigenvalue weighted by atomic mass is 9.88. The van der Waals surface area contributed by atoms with E-state index in [4.69, 9.17) is 0 Å². The molecule has 0 bridgehead atoms. The fraction of sp³-hybridized carbons (Fsp3) is 0.923. The summed E-state index contributed by atoms with van der Waals surface area (Å²) < 4.78 is 26.3. The van der Waals surface area contributed by atoms with Crippen molar-refractivity contribution in [2.45, 2.75) is 73.3 Å². The molecule has 0 spiro atoms. The molecule has 1 unspecified atom stereocenters. The molecule has 0 aromatic rings. The zero-order valence-electron chi connectivity index (χ0n) is 12.2. The monoisotopic (exact) mass is 251 g/mol. The molecule has 0 aliphatic rings. The minimum atomic E-state index is -3.24. The Kier molecular flexibility index (Phi) is 8.37. The SMILES string of the molecule is CC.CCCC(F)(F)C(=O)NC(C)C(C)(C)C. The van der Waals surface area contributed by atoms with Gasteiger partial charge in [0.2, 0.25) is 0 Å². The minimum Gasteiger partial charge on any atom is -0.348 e. The maximum atomic E-state index is 13.2. The van der Waals surface area contributed by atoms with Gasteiger partial charge in [-0.1, -0.05) is 41.5 Å². The normalized spacial score (nSPS) is 13.5. The Morgan fingerprint density at radius 2 is 1.65 bits per heavy atom. The molecule has 0 aliphatic carbocycles. The van der Waals surface area contributed by atoms with Gasteiger partial charge in [0.15, 0.2) is 0 Å². The van der Waals surface area contributed by atoms with E-state index in [-0.39, 0.29) is 11.5 Å². The first-order chi connectivity index (χ1) is 7.61. The second kappa shape index (κ2) is 7.62. The van der Waals surface area contributed by atoms with Crippen LogP contribution in [0.15, 0.2) is 0 Å². The van der Waals surface area contributed by atoms with Crippen LogP contribution in [0.3, 0.4) is 0 Å². The summed E-state index contributed by atoms with van der Waals surface area (Å²) in [6.07, 6.45) is -0.0972. The van der Waals surface area contributed by atoms with E-state index in [2.05, 4.69) is 5.32 Å². The van der Waals surface area contributed by atoms with E-state index in [0.717, 1.165) is 0 Å². The number of hydrogen-bond acceptors (Lipinski definition) is 1. The highest BCUT2D eigenvalue weighted by Gasteiger charge is 2.39. The number of carbonyl (C=O) groups excluding carboxylic acids is 1. The molecule has 0 aliphatic heterocycles. The lowest BCUT2D eigenvalue weighted by Gasteiger charge is -2.29. The molecule has 0 saturated heterocycles. The van der Waals surface area contributed by atoms with E-state index in [0.29, 0.717) is 6.42 Å². The Labute approximate surface area is 104 Å². The van der Waals surface area contributed by atoms with E-state index in [9.17, 15) is 13.6 Å². The van der Waals surface area contributed by atoms with Gasteiger partial charge in [-0.15, -0.1) is 0 Å². The Balaban J connectivity index is 0. The summed E-state index contributed by atoms with van der Waals surface area (Å²) >= 11 is 0.